The third-order valence-electron chi connectivity index (χ3n) is 6.33. The van der Waals surface area contributed by atoms with Crippen molar-refractivity contribution >= 4 is 28.1 Å². The van der Waals surface area contributed by atoms with Crippen LogP contribution in [0.15, 0.2) is 71.7 Å². The number of hydrogen-bond acceptors (Lipinski definition) is 7. The lowest BCUT2D eigenvalue weighted by Crippen LogP contribution is -2.48. The van der Waals surface area contributed by atoms with Gasteiger partial charge in [0, 0.05) is 55.2 Å². The summed E-state index contributed by atoms with van der Waals surface area (Å²) in [5, 5.41) is 3.98. The molecule has 1 aliphatic heterocycles. The smallest absolute Gasteiger partial charge is 0.291 e. The number of anilines is 2. The van der Waals surface area contributed by atoms with Crippen molar-refractivity contribution in [3.05, 3.63) is 94.6 Å². The molecule has 0 aromatic carbocycles. The molecule has 0 unspecified atom stereocenters. The van der Waals surface area contributed by atoms with Crippen LogP contribution in [0.5, 0.6) is 0 Å². The molecular weight excluding hydrogens is 446 g/mol. The predicted octanol–water partition coefficient (Wildman–Crippen LogP) is 4.91. The third kappa shape index (κ3) is 4.47. The number of carbonyl (C=O) groups excluding carboxylic acids is 1. The summed E-state index contributed by atoms with van der Waals surface area (Å²) in [6.07, 6.45) is 7.08. The molecule has 0 saturated carbocycles. The van der Waals surface area contributed by atoms with Crippen LogP contribution in [0.4, 0.5) is 10.8 Å². The zero-order chi connectivity index (χ0) is 23.5. The molecule has 0 aliphatic carbocycles. The zero-order valence-electron chi connectivity index (χ0n) is 19.3. The van der Waals surface area contributed by atoms with Crippen LogP contribution in [0.3, 0.4) is 0 Å². The van der Waals surface area contributed by atoms with Gasteiger partial charge in [0.2, 0.25) is 0 Å². The van der Waals surface area contributed by atoms with E-state index in [2.05, 4.69) is 51.1 Å². The molecule has 0 bridgehead atoms. The number of aryl methyl sites for hydroxylation is 1. The largest absolute Gasteiger partial charge is 0.459 e. The van der Waals surface area contributed by atoms with Gasteiger partial charge in [-0.05, 0) is 55.3 Å². The predicted molar refractivity (Wildman–Crippen MR) is 135 cm³/mol. The molecule has 4 aromatic heterocycles. The van der Waals surface area contributed by atoms with Crippen LogP contribution in [0, 0.1) is 13.8 Å². The van der Waals surface area contributed by atoms with Gasteiger partial charge in [-0.15, -0.1) is 11.3 Å². The number of pyridine rings is 2. The van der Waals surface area contributed by atoms with E-state index in [0.29, 0.717) is 5.76 Å². The fraction of sp³-hybridized carbons (Fsp3) is 0.269. The molecule has 7 nitrogen and oxygen atoms in total. The van der Waals surface area contributed by atoms with Gasteiger partial charge in [0.25, 0.3) is 5.91 Å². The molecule has 4 aromatic rings. The first-order chi connectivity index (χ1) is 16.6. The van der Waals surface area contributed by atoms with Crippen molar-refractivity contribution in [1.82, 2.24) is 14.9 Å². The minimum atomic E-state index is -0.239. The van der Waals surface area contributed by atoms with Gasteiger partial charge >= 0.3 is 0 Å². The molecule has 0 radical (unpaired) electrons. The molecule has 1 N–H and O–H groups in total. The van der Waals surface area contributed by atoms with E-state index in [1.807, 2.05) is 30.6 Å². The summed E-state index contributed by atoms with van der Waals surface area (Å²) in [4.78, 5) is 27.8. The molecule has 8 heteroatoms. The van der Waals surface area contributed by atoms with Gasteiger partial charge in [-0.2, -0.15) is 0 Å². The Morgan fingerprint density at radius 1 is 1.06 bits per heavy atom. The van der Waals surface area contributed by atoms with E-state index in [0.717, 1.165) is 48.1 Å². The topological polar surface area (TPSA) is 74.5 Å². The zero-order valence-corrected chi connectivity index (χ0v) is 20.1. The number of amides is 1. The average Bonchev–Trinajstić information content (AvgIpc) is 3.51. The van der Waals surface area contributed by atoms with Gasteiger partial charge in [0.15, 0.2) is 5.76 Å². The van der Waals surface area contributed by atoms with Crippen LogP contribution in [0.1, 0.15) is 38.2 Å². The van der Waals surface area contributed by atoms with Crippen molar-refractivity contribution in [3.8, 4) is 0 Å². The lowest BCUT2D eigenvalue weighted by molar-refractivity contribution is 0.0996. The normalized spacial score (nSPS) is 15.3. The molecule has 174 valence electrons. The van der Waals surface area contributed by atoms with Gasteiger partial charge in [-0.3, -0.25) is 14.7 Å². The Hall–Kier alpha value is -3.49. The first-order valence-electron chi connectivity index (χ1n) is 11.4. The van der Waals surface area contributed by atoms with Crippen LogP contribution in [-0.2, 0) is 0 Å². The Balaban J connectivity index is 1.47. The SMILES string of the molecule is Cc1sc(NC(=O)c2ccco2)c([C@@H](c2cccnc2)N2CCN(c3ccccn3)CC2)c1C. The molecule has 1 atom stereocenters. The summed E-state index contributed by atoms with van der Waals surface area (Å²) >= 11 is 1.61. The Labute approximate surface area is 203 Å². The van der Waals surface area contributed by atoms with E-state index in [9.17, 15) is 4.79 Å². The second-order valence-electron chi connectivity index (χ2n) is 8.36. The first kappa shape index (κ1) is 22.3. The van der Waals surface area contributed by atoms with Crippen LogP contribution in [0.2, 0.25) is 0 Å². The lowest BCUT2D eigenvalue weighted by Gasteiger charge is -2.40. The quantitative estimate of drug-likeness (QED) is 0.429. The number of nitrogens with zero attached hydrogens (tertiary/aromatic N) is 4. The summed E-state index contributed by atoms with van der Waals surface area (Å²) in [5.41, 5.74) is 3.44. The number of carbonyl (C=O) groups is 1. The maximum absolute atomic E-state index is 12.8. The van der Waals surface area contributed by atoms with Crippen LogP contribution in [-0.4, -0.2) is 47.0 Å². The molecule has 0 spiro atoms. The second-order valence-corrected chi connectivity index (χ2v) is 9.58. The number of nitrogens with one attached hydrogen (secondary N) is 1. The third-order valence-corrected chi connectivity index (χ3v) is 7.47. The standard InChI is InChI=1S/C26H27N5O2S/c1-18-19(2)34-26(29-25(32)21-8-6-16-33-21)23(18)24(20-7-5-10-27-17-20)31-14-12-30(13-15-31)22-9-3-4-11-28-22/h3-11,16-17,24H,12-15H2,1-2H3,(H,29,32)/t24-/m1/s1. The minimum absolute atomic E-state index is 0.0172. The van der Waals surface area contributed by atoms with Crippen molar-refractivity contribution in [3.63, 3.8) is 0 Å². The van der Waals surface area contributed by atoms with E-state index < -0.39 is 0 Å². The number of piperazine rings is 1. The van der Waals surface area contributed by atoms with Crippen molar-refractivity contribution < 1.29 is 9.21 Å². The van der Waals surface area contributed by atoms with Crippen molar-refractivity contribution in [1.29, 1.82) is 0 Å². The molecule has 1 amide bonds. The maximum Gasteiger partial charge on any atom is 0.291 e. The van der Waals surface area contributed by atoms with Gasteiger partial charge in [-0.1, -0.05) is 12.1 Å². The van der Waals surface area contributed by atoms with E-state index in [1.54, 1.807) is 29.7 Å². The van der Waals surface area contributed by atoms with Crippen LogP contribution < -0.4 is 10.2 Å². The average molecular weight is 474 g/mol. The highest BCUT2D eigenvalue weighted by atomic mass is 32.1. The fourth-order valence-corrected chi connectivity index (χ4v) is 5.57. The van der Waals surface area contributed by atoms with Crippen molar-refractivity contribution in [2.45, 2.75) is 19.9 Å². The fourth-order valence-electron chi connectivity index (χ4n) is 4.49. The van der Waals surface area contributed by atoms with Gasteiger partial charge in [0.05, 0.1) is 12.3 Å². The van der Waals surface area contributed by atoms with Gasteiger partial charge in [0.1, 0.15) is 10.8 Å². The number of thiophene rings is 1. The van der Waals surface area contributed by atoms with Gasteiger partial charge < -0.3 is 14.6 Å². The summed E-state index contributed by atoms with van der Waals surface area (Å²) in [6, 6.07) is 13.5. The van der Waals surface area contributed by atoms with Crippen LogP contribution in [0.25, 0.3) is 0 Å². The first-order valence-corrected chi connectivity index (χ1v) is 12.2. The molecule has 1 aliphatic rings. The molecule has 1 fully saturated rings. The highest BCUT2D eigenvalue weighted by molar-refractivity contribution is 7.16. The highest BCUT2D eigenvalue weighted by Crippen LogP contribution is 2.42. The van der Waals surface area contributed by atoms with E-state index in [-0.39, 0.29) is 11.9 Å². The van der Waals surface area contributed by atoms with Gasteiger partial charge in [-0.25, -0.2) is 4.98 Å². The number of rotatable bonds is 6. The lowest BCUT2D eigenvalue weighted by atomic mass is 9.95. The highest BCUT2D eigenvalue weighted by Gasteiger charge is 2.32. The summed E-state index contributed by atoms with van der Waals surface area (Å²) in [6.45, 7) is 7.74. The van der Waals surface area contributed by atoms with E-state index >= 15 is 0 Å². The number of furan rings is 1. The number of hydrogen-bond donors (Lipinski definition) is 1. The summed E-state index contributed by atoms with van der Waals surface area (Å²) < 4.78 is 5.32. The Bertz CT molecular complexity index is 1230. The molecule has 34 heavy (non-hydrogen) atoms. The second kappa shape index (κ2) is 9.79. The van der Waals surface area contributed by atoms with Crippen molar-refractivity contribution in [2.75, 3.05) is 36.4 Å². The Kier molecular flexibility index (Phi) is 6.42. The molecule has 5 rings (SSSR count). The monoisotopic (exact) mass is 473 g/mol. The molecular formula is C26H27N5O2S. The van der Waals surface area contributed by atoms with E-state index in [4.69, 9.17) is 4.42 Å². The maximum atomic E-state index is 12.8. The Morgan fingerprint density at radius 2 is 1.91 bits per heavy atom. The number of aromatic nitrogens is 2. The Morgan fingerprint density at radius 3 is 2.59 bits per heavy atom. The van der Waals surface area contributed by atoms with Crippen LogP contribution >= 0.6 is 11.3 Å². The summed E-state index contributed by atoms with van der Waals surface area (Å²) in [5.74, 6) is 1.07. The van der Waals surface area contributed by atoms with Crippen molar-refractivity contribution in [2.24, 2.45) is 0 Å². The molecule has 1 saturated heterocycles. The molecule has 5 heterocycles. The van der Waals surface area contributed by atoms with E-state index in [1.165, 1.54) is 16.7 Å². The minimum Gasteiger partial charge on any atom is -0.459 e. The summed E-state index contributed by atoms with van der Waals surface area (Å²) in [7, 11) is 0.